The van der Waals surface area contributed by atoms with Crippen LogP contribution in [-0.4, -0.2) is 30.0 Å². The van der Waals surface area contributed by atoms with Gasteiger partial charge in [0.2, 0.25) is 0 Å². The molecular weight excluding hydrogens is 340 g/mol. The molecule has 1 aromatic rings. The summed E-state index contributed by atoms with van der Waals surface area (Å²) >= 11 is 0. The zero-order chi connectivity index (χ0) is 21.1. The van der Waals surface area contributed by atoms with E-state index in [2.05, 4.69) is 23.5 Å². The Kier molecular flexibility index (Phi) is 17.4. The van der Waals surface area contributed by atoms with Gasteiger partial charge in [-0.3, -0.25) is 9.78 Å². The molecule has 0 unspecified atom stereocenters. The number of hydrogen-bond acceptors (Lipinski definition) is 4. The summed E-state index contributed by atoms with van der Waals surface area (Å²) in [5.74, 6) is -0.968. The van der Waals surface area contributed by atoms with Crippen molar-refractivity contribution in [2.75, 3.05) is 7.11 Å². The molecule has 0 saturated heterocycles. The zero-order valence-electron chi connectivity index (χ0n) is 17.1. The molecule has 0 aliphatic heterocycles. The van der Waals surface area contributed by atoms with Gasteiger partial charge in [-0.15, -0.1) is 0 Å². The van der Waals surface area contributed by atoms with E-state index in [0.717, 1.165) is 5.57 Å². The summed E-state index contributed by atoms with van der Waals surface area (Å²) in [5, 5.41) is 2.61. The molecule has 0 spiro atoms. The topological polar surface area (TPSA) is 68.3 Å². The fraction of sp³-hybridized carbons (Fsp3) is 0.318. The first-order valence-electron chi connectivity index (χ1n) is 8.85. The van der Waals surface area contributed by atoms with Gasteiger partial charge in [0.15, 0.2) is 0 Å². The third-order valence-corrected chi connectivity index (χ3v) is 3.06. The Bertz CT molecular complexity index is 616. The van der Waals surface area contributed by atoms with Crippen molar-refractivity contribution in [2.45, 2.75) is 40.2 Å². The largest absolute Gasteiger partial charge is 0.467 e. The highest BCUT2D eigenvalue weighted by atomic mass is 16.5. The minimum atomic E-state index is -0.811. The van der Waals surface area contributed by atoms with Crippen LogP contribution in [0.2, 0.25) is 0 Å². The first kappa shape index (κ1) is 26.3. The van der Waals surface area contributed by atoms with E-state index in [9.17, 15) is 9.59 Å². The van der Waals surface area contributed by atoms with Crippen LogP contribution in [0.5, 0.6) is 0 Å². The molecule has 1 rings (SSSR count). The van der Waals surface area contributed by atoms with Gasteiger partial charge in [-0.05, 0) is 31.6 Å². The van der Waals surface area contributed by atoms with Crippen LogP contribution in [0.25, 0.3) is 0 Å². The standard InChI is InChI=1S/C16H18N2O3.C4H8.C2H6/c1-4-8-12(5-2)11-14(16(20)21-3)18-15(19)13-9-6-7-10-17-13;1-3-4-2;1-2/h4-10,14H,1-2,11H2,3H3,(H,18,19);3-4H,1-2H3;1-2H3/b12-8+;;/t14-;;/m0../s1. The molecule has 0 aliphatic rings. The average Bonchev–Trinajstić information content (AvgIpc) is 2.74. The Morgan fingerprint density at radius 1 is 1.22 bits per heavy atom. The third kappa shape index (κ3) is 12.1. The second-order valence-electron chi connectivity index (χ2n) is 4.82. The predicted molar refractivity (Wildman–Crippen MR) is 112 cm³/mol. The van der Waals surface area contributed by atoms with E-state index in [1.54, 1.807) is 36.4 Å². The molecule has 1 aromatic heterocycles. The molecule has 1 atom stereocenters. The quantitative estimate of drug-likeness (QED) is 0.430. The van der Waals surface area contributed by atoms with Gasteiger partial charge in [-0.1, -0.05) is 63.5 Å². The molecule has 0 radical (unpaired) electrons. The lowest BCUT2D eigenvalue weighted by atomic mass is 10.1. The minimum Gasteiger partial charge on any atom is -0.467 e. The van der Waals surface area contributed by atoms with Gasteiger partial charge in [-0.25, -0.2) is 4.79 Å². The molecule has 5 nitrogen and oxygen atoms in total. The van der Waals surface area contributed by atoms with E-state index in [1.165, 1.54) is 13.3 Å². The number of methoxy groups -OCH3 is 1. The summed E-state index contributed by atoms with van der Waals surface area (Å²) in [6.45, 7) is 15.3. The normalized spacial score (nSPS) is 11.1. The van der Waals surface area contributed by atoms with Crippen LogP contribution in [0.15, 0.2) is 73.5 Å². The van der Waals surface area contributed by atoms with Gasteiger partial charge in [-0.2, -0.15) is 0 Å². The Balaban J connectivity index is 0. The third-order valence-electron chi connectivity index (χ3n) is 3.06. The number of amides is 1. The maximum atomic E-state index is 12.1. The Morgan fingerprint density at radius 3 is 2.26 bits per heavy atom. The van der Waals surface area contributed by atoms with Crippen molar-refractivity contribution in [1.29, 1.82) is 0 Å². The van der Waals surface area contributed by atoms with Gasteiger partial charge in [0.05, 0.1) is 7.11 Å². The first-order valence-corrected chi connectivity index (χ1v) is 8.85. The van der Waals surface area contributed by atoms with Crippen molar-refractivity contribution in [3.8, 4) is 0 Å². The minimum absolute atomic E-state index is 0.235. The summed E-state index contributed by atoms with van der Waals surface area (Å²) < 4.78 is 4.71. The summed E-state index contributed by atoms with van der Waals surface area (Å²) in [5.41, 5.74) is 1.00. The van der Waals surface area contributed by atoms with Crippen molar-refractivity contribution in [3.63, 3.8) is 0 Å². The van der Waals surface area contributed by atoms with E-state index >= 15 is 0 Å². The summed E-state index contributed by atoms with van der Waals surface area (Å²) in [7, 11) is 1.27. The van der Waals surface area contributed by atoms with Gasteiger partial charge >= 0.3 is 5.97 Å². The van der Waals surface area contributed by atoms with E-state index in [4.69, 9.17) is 4.74 Å². The van der Waals surface area contributed by atoms with Crippen LogP contribution in [0.1, 0.15) is 44.6 Å². The Morgan fingerprint density at radius 2 is 1.85 bits per heavy atom. The van der Waals surface area contributed by atoms with Gasteiger partial charge < -0.3 is 10.1 Å². The van der Waals surface area contributed by atoms with Gasteiger partial charge in [0.1, 0.15) is 11.7 Å². The number of hydrogen-bond donors (Lipinski definition) is 1. The smallest absolute Gasteiger partial charge is 0.328 e. The Labute approximate surface area is 163 Å². The van der Waals surface area contributed by atoms with Gasteiger partial charge in [0, 0.05) is 12.6 Å². The predicted octanol–water partition coefficient (Wildman–Crippen LogP) is 4.65. The van der Waals surface area contributed by atoms with Crippen LogP contribution in [-0.2, 0) is 9.53 Å². The van der Waals surface area contributed by atoms with E-state index in [1.807, 2.05) is 39.8 Å². The molecule has 148 valence electrons. The highest BCUT2D eigenvalue weighted by Crippen LogP contribution is 2.09. The van der Waals surface area contributed by atoms with Crippen molar-refractivity contribution >= 4 is 11.9 Å². The monoisotopic (exact) mass is 372 g/mol. The highest BCUT2D eigenvalue weighted by Gasteiger charge is 2.23. The van der Waals surface area contributed by atoms with Crippen LogP contribution in [0.4, 0.5) is 0 Å². The molecule has 1 N–H and O–H groups in total. The number of nitrogens with one attached hydrogen (secondary N) is 1. The fourth-order valence-electron chi connectivity index (χ4n) is 1.67. The van der Waals surface area contributed by atoms with E-state index in [-0.39, 0.29) is 12.1 Å². The molecule has 0 fully saturated rings. The zero-order valence-corrected chi connectivity index (χ0v) is 17.1. The molecule has 0 aromatic carbocycles. The van der Waals surface area contributed by atoms with Crippen molar-refractivity contribution in [3.05, 3.63) is 79.2 Å². The van der Waals surface area contributed by atoms with Crippen LogP contribution in [0.3, 0.4) is 0 Å². The van der Waals surface area contributed by atoms with E-state index in [0.29, 0.717) is 0 Å². The van der Waals surface area contributed by atoms with Crippen molar-refractivity contribution in [2.24, 2.45) is 0 Å². The number of allylic oxidation sites excluding steroid dienone is 5. The number of nitrogens with zero attached hydrogens (tertiary/aromatic N) is 1. The maximum absolute atomic E-state index is 12.1. The number of carbonyl (C=O) groups is 2. The van der Waals surface area contributed by atoms with E-state index < -0.39 is 17.9 Å². The number of aromatic nitrogens is 1. The summed E-state index contributed by atoms with van der Waals surface area (Å²) in [4.78, 5) is 27.8. The molecule has 0 bridgehead atoms. The molecule has 1 amide bonds. The molecule has 0 aliphatic carbocycles. The Hall–Kier alpha value is -2.95. The van der Waals surface area contributed by atoms with Crippen molar-refractivity contribution in [1.82, 2.24) is 10.3 Å². The lowest BCUT2D eigenvalue weighted by molar-refractivity contribution is -0.142. The summed E-state index contributed by atoms with van der Waals surface area (Å²) in [6.07, 6.45) is 10.7. The van der Waals surface area contributed by atoms with Crippen LogP contribution in [0, 0.1) is 0 Å². The number of rotatable bonds is 7. The molecule has 1 heterocycles. The lowest BCUT2D eigenvalue weighted by Gasteiger charge is -2.16. The SMILES string of the molecule is C=C/C=C(\C=C)C[C@H](NC(=O)c1ccccn1)C(=O)OC.CC.CC=CC. The second kappa shape index (κ2) is 17.9. The lowest BCUT2D eigenvalue weighted by Crippen LogP contribution is -2.42. The maximum Gasteiger partial charge on any atom is 0.328 e. The number of esters is 1. The van der Waals surface area contributed by atoms with Crippen molar-refractivity contribution < 1.29 is 14.3 Å². The highest BCUT2D eigenvalue weighted by molar-refractivity contribution is 5.95. The van der Waals surface area contributed by atoms with Crippen LogP contribution >= 0.6 is 0 Å². The fourth-order valence-corrected chi connectivity index (χ4v) is 1.67. The average molecular weight is 373 g/mol. The molecular formula is C22H32N2O3. The molecule has 0 saturated carbocycles. The van der Waals surface area contributed by atoms with Gasteiger partial charge in [0.25, 0.3) is 5.91 Å². The molecule has 27 heavy (non-hydrogen) atoms. The summed E-state index contributed by atoms with van der Waals surface area (Å²) in [6, 6.07) is 4.16. The molecule has 5 heteroatoms. The number of ether oxygens (including phenoxy) is 1. The van der Waals surface area contributed by atoms with Crippen LogP contribution < -0.4 is 5.32 Å². The number of pyridine rings is 1. The number of carbonyl (C=O) groups excluding carboxylic acids is 2. The first-order chi connectivity index (χ1) is 13.0. The second-order valence-corrected chi connectivity index (χ2v) is 4.82.